The molecule has 2 unspecified atom stereocenters. The highest BCUT2D eigenvalue weighted by molar-refractivity contribution is 5.83. The number of aromatic nitrogens is 1. The zero-order valence-corrected chi connectivity index (χ0v) is 8.20. The van der Waals surface area contributed by atoms with E-state index in [4.69, 9.17) is 4.52 Å². The van der Waals surface area contributed by atoms with Crippen LogP contribution < -0.4 is 10.6 Å². The first kappa shape index (κ1) is 9.21. The van der Waals surface area contributed by atoms with Gasteiger partial charge in [0, 0.05) is 18.7 Å². The maximum absolute atomic E-state index is 11.6. The number of carbonyl (C=O) groups is 1. The third-order valence-corrected chi connectivity index (χ3v) is 2.22. The largest absolute Gasteiger partial charge is 0.361 e. The molecule has 1 aromatic heterocycles. The minimum Gasteiger partial charge on any atom is -0.361 e. The third kappa shape index (κ3) is 1.63. The van der Waals surface area contributed by atoms with Gasteiger partial charge in [0.25, 0.3) is 0 Å². The lowest BCUT2D eigenvalue weighted by Gasteiger charge is -2.26. The van der Waals surface area contributed by atoms with Gasteiger partial charge in [-0.3, -0.25) is 10.1 Å². The number of piperazine rings is 1. The first-order chi connectivity index (χ1) is 6.66. The van der Waals surface area contributed by atoms with Gasteiger partial charge in [-0.05, 0) is 13.8 Å². The lowest BCUT2D eigenvalue weighted by molar-refractivity contribution is -0.125. The zero-order chi connectivity index (χ0) is 10.1. The van der Waals surface area contributed by atoms with E-state index in [1.165, 1.54) is 0 Å². The van der Waals surface area contributed by atoms with E-state index in [-0.39, 0.29) is 18.0 Å². The number of nitrogens with zero attached hydrogens (tertiary/aromatic N) is 1. The lowest BCUT2D eigenvalue weighted by atomic mass is 10.1. The van der Waals surface area contributed by atoms with Crippen LogP contribution in [0.4, 0.5) is 0 Å². The van der Waals surface area contributed by atoms with Crippen molar-refractivity contribution in [3.63, 3.8) is 0 Å². The molecule has 0 radical (unpaired) electrons. The summed E-state index contributed by atoms with van der Waals surface area (Å²) in [6.07, 6.45) is 0. The van der Waals surface area contributed by atoms with E-state index in [0.717, 1.165) is 6.54 Å². The molecule has 0 aromatic carbocycles. The number of hydrogen-bond acceptors (Lipinski definition) is 4. The van der Waals surface area contributed by atoms with Gasteiger partial charge in [0.15, 0.2) is 0 Å². The molecule has 1 fully saturated rings. The van der Waals surface area contributed by atoms with E-state index in [1.807, 2.05) is 6.92 Å². The minimum atomic E-state index is -0.372. The lowest BCUT2D eigenvalue weighted by Crippen LogP contribution is -2.52. The van der Waals surface area contributed by atoms with E-state index < -0.39 is 0 Å². The Morgan fingerprint density at radius 1 is 1.64 bits per heavy atom. The highest BCUT2D eigenvalue weighted by Crippen LogP contribution is 2.15. The number of hydrogen-bond donors (Lipinski definition) is 2. The van der Waals surface area contributed by atoms with Gasteiger partial charge in [-0.25, -0.2) is 0 Å². The van der Waals surface area contributed by atoms with Crippen molar-refractivity contribution in [1.82, 2.24) is 15.8 Å². The van der Waals surface area contributed by atoms with Crippen molar-refractivity contribution >= 4 is 5.91 Å². The van der Waals surface area contributed by atoms with Gasteiger partial charge in [-0.15, -0.1) is 0 Å². The molecule has 2 rings (SSSR count). The van der Waals surface area contributed by atoms with Crippen LogP contribution in [0.2, 0.25) is 0 Å². The smallest absolute Gasteiger partial charge is 0.243 e. The Hall–Kier alpha value is -1.36. The van der Waals surface area contributed by atoms with Crippen LogP contribution in [0.3, 0.4) is 0 Å². The molecule has 1 aromatic rings. The number of amides is 1. The standard InChI is InChI=1S/C9H13N3O2/c1-5-4-10-8(9(13)11-5)7-3-6(2)14-12-7/h3,5,8,10H,4H2,1-2H3,(H,11,13). The van der Waals surface area contributed by atoms with Crippen molar-refractivity contribution in [2.75, 3.05) is 6.54 Å². The van der Waals surface area contributed by atoms with Gasteiger partial charge in [-0.1, -0.05) is 5.16 Å². The van der Waals surface area contributed by atoms with E-state index >= 15 is 0 Å². The molecule has 2 heterocycles. The van der Waals surface area contributed by atoms with Gasteiger partial charge in [0.2, 0.25) is 5.91 Å². The van der Waals surface area contributed by atoms with E-state index in [0.29, 0.717) is 11.5 Å². The summed E-state index contributed by atoms with van der Waals surface area (Å²) >= 11 is 0. The van der Waals surface area contributed by atoms with E-state index in [1.54, 1.807) is 13.0 Å². The Morgan fingerprint density at radius 2 is 2.43 bits per heavy atom. The van der Waals surface area contributed by atoms with Gasteiger partial charge < -0.3 is 9.84 Å². The summed E-state index contributed by atoms with van der Waals surface area (Å²) in [6.45, 7) is 4.51. The molecule has 5 nitrogen and oxygen atoms in total. The second kappa shape index (κ2) is 3.42. The fourth-order valence-corrected chi connectivity index (χ4v) is 1.53. The van der Waals surface area contributed by atoms with Crippen LogP contribution in [0.25, 0.3) is 0 Å². The van der Waals surface area contributed by atoms with Crippen molar-refractivity contribution < 1.29 is 9.32 Å². The fourth-order valence-electron chi connectivity index (χ4n) is 1.53. The van der Waals surface area contributed by atoms with Gasteiger partial charge in [0.05, 0.1) is 0 Å². The van der Waals surface area contributed by atoms with Crippen LogP contribution in [-0.4, -0.2) is 23.7 Å². The molecule has 2 N–H and O–H groups in total. The van der Waals surface area contributed by atoms with Crippen molar-refractivity contribution in [3.8, 4) is 0 Å². The topological polar surface area (TPSA) is 67.2 Å². The predicted molar refractivity (Wildman–Crippen MR) is 49.6 cm³/mol. The second-order valence-corrected chi connectivity index (χ2v) is 3.61. The summed E-state index contributed by atoms with van der Waals surface area (Å²) in [5.41, 5.74) is 0.645. The van der Waals surface area contributed by atoms with Gasteiger partial charge in [0.1, 0.15) is 17.5 Å². The number of rotatable bonds is 1. The Morgan fingerprint density at radius 3 is 3.00 bits per heavy atom. The molecule has 14 heavy (non-hydrogen) atoms. The summed E-state index contributed by atoms with van der Waals surface area (Å²) in [4.78, 5) is 11.6. The van der Waals surface area contributed by atoms with Crippen molar-refractivity contribution in [3.05, 3.63) is 17.5 Å². The van der Waals surface area contributed by atoms with Gasteiger partial charge >= 0.3 is 0 Å². The van der Waals surface area contributed by atoms with Crippen molar-refractivity contribution in [2.45, 2.75) is 25.9 Å². The summed E-state index contributed by atoms with van der Waals surface area (Å²) in [5.74, 6) is 0.672. The molecule has 1 aliphatic rings. The maximum atomic E-state index is 11.6. The van der Waals surface area contributed by atoms with E-state index in [2.05, 4.69) is 15.8 Å². The van der Waals surface area contributed by atoms with Crippen LogP contribution >= 0.6 is 0 Å². The molecule has 5 heteroatoms. The molecular weight excluding hydrogens is 182 g/mol. The molecule has 0 aliphatic carbocycles. The molecule has 0 bridgehead atoms. The highest BCUT2D eigenvalue weighted by atomic mass is 16.5. The monoisotopic (exact) mass is 195 g/mol. The summed E-state index contributed by atoms with van der Waals surface area (Å²) in [6, 6.07) is 1.57. The van der Waals surface area contributed by atoms with Crippen LogP contribution in [-0.2, 0) is 4.79 Å². The summed E-state index contributed by atoms with van der Waals surface area (Å²) in [5, 5.41) is 9.78. The van der Waals surface area contributed by atoms with Gasteiger partial charge in [-0.2, -0.15) is 0 Å². The van der Waals surface area contributed by atoms with Crippen LogP contribution in [0.15, 0.2) is 10.6 Å². The first-order valence-electron chi connectivity index (χ1n) is 4.64. The molecule has 0 spiro atoms. The Balaban J connectivity index is 2.15. The van der Waals surface area contributed by atoms with Crippen LogP contribution in [0, 0.1) is 6.92 Å². The van der Waals surface area contributed by atoms with Crippen LogP contribution in [0.1, 0.15) is 24.4 Å². The Bertz CT molecular complexity index is 348. The normalized spacial score (nSPS) is 27.4. The Labute approximate surface area is 81.8 Å². The average molecular weight is 195 g/mol. The molecule has 76 valence electrons. The quantitative estimate of drug-likeness (QED) is 0.668. The highest BCUT2D eigenvalue weighted by Gasteiger charge is 2.28. The third-order valence-electron chi connectivity index (χ3n) is 2.22. The predicted octanol–water partition coefficient (Wildman–Crippen LogP) is 0.132. The number of aryl methyl sites for hydroxylation is 1. The average Bonchev–Trinajstić information content (AvgIpc) is 2.51. The minimum absolute atomic E-state index is 0.0444. The summed E-state index contributed by atoms with van der Waals surface area (Å²) < 4.78 is 4.92. The molecule has 1 amide bonds. The molecular formula is C9H13N3O2. The molecule has 1 saturated heterocycles. The SMILES string of the molecule is Cc1cc(C2NCC(C)NC2=O)no1. The van der Waals surface area contributed by atoms with E-state index in [9.17, 15) is 4.79 Å². The molecule has 0 saturated carbocycles. The molecule has 2 atom stereocenters. The number of nitrogens with one attached hydrogen (secondary N) is 2. The van der Waals surface area contributed by atoms with Crippen LogP contribution in [0.5, 0.6) is 0 Å². The second-order valence-electron chi connectivity index (χ2n) is 3.61. The van der Waals surface area contributed by atoms with Crippen molar-refractivity contribution in [1.29, 1.82) is 0 Å². The molecule has 1 aliphatic heterocycles. The number of carbonyl (C=O) groups excluding carboxylic acids is 1. The van der Waals surface area contributed by atoms with Crippen molar-refractivity contribution in [2.24, 2.45) is 0 Å². The summed E-state index contributed by atoms with van der Waals surface area (Å²) in [7, 11) is 0. The Kier molecular flexibility index (Phi) is 2.25. The zero-order valence-electron chi connectivity index (χ0n) is 8.20. The first-order valence-corrected chi connectivity index (χ1v) is 4.64. The maximum Gasteiger partial charge on any atom is 0.243 e. The fraction of sp³-hybridized carbons (Fsp3) is 0.556.